The van der Waals surface area contributed by atoms with Gasteiger partial charge in [0.2, 0.25) is 0 Å². The van der Waals surface area contributed by atoms with E-state index >= 15 is 0 Å². The molecule has 0 bridgehead atoms. The fourth-order valence-electron chi connectivity index (χ4n) is 2.79. The van der Waals surface area contributed by atoms with Crippen LogP contribution in [0.4, 0.5) is 13.2 Å². The number of aromatic nitrogens is 1. The Morgan fingerprint density at radius 3 is 2.41 bits per heavy atom. The van der Waals surface area contributed by atoms with Crippen molar-refractivity contribution in [2.75, 3.05) is 6.73 Å². The second-order valence-corrected chi connectivity index (χ2v) is 7.39. The summed E-state index contributed by atoms with van der Waals surface area (Å²) in [5, 5.41) is 10.4. The highest BCUT2D eigenvalue weighted by atomic mass is 32.2. The number of nitrogens with zero attached hydrogens (tertiary/aromatic N) is 1. The van der Waals surface area contributed by atoms with E-state index < -0.39 is 35.3 Å². The zero-order chi connectivity index (χ0) is 21.0. The molecule has 150 valence electrons. The Balaban J connectivity index is 2.06. The Labute approximate surface area is 169 Å². The topological polar surface area (TPSA) is 62.2 Å². The molecule has 1 amide bonds. The first kappa shape index (κ1) is 20.9. The van der Waals surface area contributed by atoms with Crippen LogP contribution < -0.4 is 5.32 Å². The van der Waals surface area contributed by atoms with Gasteiger partial charge in [-0.3, -0.25) is 9.78 Å². The Bertz CT molecular complexity index is 1030. The van der Waals surface area contributed by atoms with Crippen LogP contribution >= 0.6 is 11.8 Å². The maximum Gasteiger partial charge on any atom is 0.271 e. The molecule has 1 aromatic heterocycles. The third kappa shape index (κ3) is 4.96. The first-order valence-electron chi connectivity index (χ1n) is 8.62. The summed E-state index contributed by atoms with van der Waals surface area (Å²) in [6.45, 7) is 1.20. The van der Waals surface area contributed by atoms with E-state index in [1.54, 1.807) is 19.1 Å². The molecule has 1 heterocycles. The van der Waals surface area contributed by atoms with Crippen LogP contribution in [-0.4, -0.2) is 22.7 Å². The number of aliphatic hydroxyl groups excluding tert-OH is 1. The lowest BCUT2D eigenvalue weighted by Crippen LogP contribution is -2.25. The second kappa shape index (κ2) is 9.11. The summed E-state index contributed by atoms with van der Waals surface area (Å²) in [5.41, 5.74) is 1.40. The summed E-state index contributed by atoms with van der Waals surface area (Å²) < 4.78 is 41.7. The molecule has 3 rings (SSSR count). The van der Waals surface area contributed by atoms with Gasteiger partial charge in [-0.25, -0.2) is 13.2 Å². The zero-order valence-electron chi connectivity index (χ0n) is 15.3. The van der Waals surface area contributed by atoms with Gasteiger partial charge >= 0.3 is 0 Å². The molecule has 0 aliphatic heterocycles. The van der Waals surface area contributed by atoms with Crippen molar-refractivity contribution in [2.45, 2.75) is 17.1 Å². The fraction of sp³-hybridized carbons (Fsp3) is 0.143. The minimum atomic E-state index is -0.682. The van der Waals surface area contributed by atoms with Crippen LogP contribution in [0.5, 0.6) is 0 Å². The van der Waals surface area contributed by atoms with Gasteiger partial charge in [0.15, 0.2) is 0 Å². The average molecular weight is 418 g/mol. The molecule has 0 saturated carbocycles. The molecule has 8 heteroatoms. The summed E-state index contributed by atoms with van der Waals surface area (Å²) in [6, 6.07) is 10.4. The molecule has 0 spiro atoms. The molecule has 3 aromatic rings. The summed E-state index contributed by atoms with van der Waals surface area (Å²) in [5.74, 6) is -2.13. The number of carbonyl (C=O) groups is 1. The molecule has 0 saturated heterocycles. The van der Waals surface area contributed by atoms with E-state index in [2.05, 4.69) is 10.3 Å². The van der Waals surface area contributed by atoms with Gasteiger partial charge < -0.3 is 10.4 Å². The maximum atomic E-state index is 14.6. The quantitative estimate of drug-likeness (QED) is 0.461. The van der Waals surface area contributed by atoms with Crippen LogP contribution in [0.2, 0.25) is 0 Å². The molecule has 2 aromatic carbocycles. The first-order chi connectivity index (χ1) is 13.9. The van der Waals surface area contributed by atoms with Crippen molar-refractivity contribution in [1.29, 1.82) is 0 Å². The molecule has 0 aliphatic carbocycles. The highest BCUT2D eigenvalue weighted by Gasteiger charge is 2.23. The van der Waals surface area contributed by atoms with Crippen LogP contribution in [-0.2, 0) is 0 Å². The molecular weight excluding hydrogens is 401 g/mol. The number of rotatable bonds is 6. The van der Waals surface area contributed by atoms with Crippen molar-refractivity contribution in [3.8, 4) is 0 Å². The third-order valence-electron chi connectivity index (χ3n) is 4.21. The molecule has 29 heavy (non-hydrogen) atoms. The molecular formula is C21H17F3N2O2S. The van der Waals surface area contributed by atoms with Crippen LogP contribution in [0.1, 0.15) is 32.4 Å². The number of aryl methyl sites for hydroxylation is 1. The molecule has 2 N–H and O–H groups in total. The number of hydrogen-bond donors (Lipinski definition) is 2. The second-order valence-electron chi connectivity index (χ2n) is 6.21. The number of amides is 1. The number of halogens is 3. The number of aliphatic hydroxyl groups is 1. The fourth-order valence-corrected chi connectivity index (χ4v) is 4.03. The Hall–Kier alpha value is -2.84. The predicted octanol–water partition coefficient (Wildman–Crippen LogP) is 4.37. The molecule has 4 nitrogen and oxygen atoms in total. The largest absolute Gasteiger partial charge is 0.376 e. The summed E-state index contributed by atoms with van der Waals surface area (Å²) in [7, 11) is 0. The normalized spacial score (nSPS) is 11.9. The van der Waals surface area contributed by atoms with Crippen molar-refractivity contribution in [2.24, 2.45) is 0 Å². The SMILES string of the molecule is Cc1cc(C(=O)NCO)ncc1C(Sc1ccc(F)cc1)c1cc(F)ccc1F. The molecule has 1 atom stereocenters. The smallest absolute Gasteiger partial charge is 0.271 e. The van der Waals surface area contributed by atoms with E-state index in [1.807, 2.05) is 0 Å². The van der Waals surface area contributed by atoms with Gasteiger partial charge in [-0.1, -0.05) is 0 Å². The van der Waals surface area contributed by atoms with E-state index in [4.69, 9.17) is 5.11 Å². The molecule has 0 radical (unpaired) electrons. The van der Waals surface area contributed by atoms with Crippen molar-refractivity contribution >= 4 is 17.7 Å². The molecule has 1 unspecified atom stereocenters. The monoisotopic (exact) mass is 418 g/mol. The minimum Gasteiger partial charge on any atom is -0.376 e. The summed E-state index contributed by atoms with van der Waals surface area (Å²) >= 11 is 1.21. The number of carbonyl (C=O) groups excluding carboxylic acids is 1. The van der Waals surface area contributed by atoms with Crippen molar-refractivity contribution in [3.05, 3.63) is 94.6 Å². The third-order valence-corrected chi connectivity index (χ3v) is 5.50. The van der Waals surface area contributed by atoms with E-state index in [0.717, 1.165) is 18.2 Å². The van der Waals surface area contributed by atoms with Gasteiger partial charge in [0.1, 0.15) is 29.9 Å². The Morgan fingerprint density at radius 2 is 1.76 bits per heavy atom. The van der Waals surface area contributed by atoms with Crippen LogP contribution in [0.3, 0.4) is 0 Å². The summed E-state index contributed by atoms with van der Waals surface area (Å²) in [6.07, 6.45) is 1.42. The number of pyridine rings is 1. The van der Waals surface area contributed by atoms with Gasteiger partial charge in [-0.2, -0.15) is 0 Å². The average Bonchev–Trinajstić information content (AvgIpc) is 2.70. The highest BCUT2D eigenvalue weighted by Crippen LogP contribution is 2.42. The van der Waals surface area contributed by atoms with E-state index in [0.29, 0.717) is 16.0 Å². The lowest BCUT2D eigenvalue weighted by molar-refractivity contribution is 0.0905. The van der Waals surface area contributed by atoms with Gasteiger partial charge in [-0.05, 0) is 66.6 Å². The van der Waals surface area contributed by atoms with Gasteiger partial charge in [0.05, 0.1) is 5.25 Å². The molecule has 0 fully saturated rings. The number of benzene rings is 2. The van der Waals surface area contributed by atoms with Crippen LogP contribution in [0, 0.1) is 24.4 Å². The first-order valence-corrected chi connectivity index (χ1v) is 9.49. The van der Waals surface area contributed by atoms with Crippen LogP contribution in [0.15, 0.2) is 59.6 Å². The lowest BCUT2D eigenvalue weighted by Gasteiger charge is -2.20. The van der Waals surface area contributed by atoms with Crippen molar-refractivity contribution < 1.29 is 23.1 Å². The van der Waals surface area contributed by atoms with Gasteiger partial charge in [0, 0.05) is 16.7 Å². The zero-order valence-corrected chi connectivity index (χ0v) is 16.1. The maximum absolute atomic E-state index is 14.6. The number of thioether (sulfide) groups is 1. The van der Waals surface area contributed by atoms with Gasteiger partial charge in [0.25, 0.3) is 5.91 Å². The number of hydrogen-bond acceptors (Lipinski definition) is 4. The van der Waals surface area contributed by atoms with E-state index in [1.165, 1.54) is 36.2 Å². The van der Waals surface area contributed by atoms with Gasteiger partial charge in [-0.15, -0.1) is 11.8 Å². The number of nitrogens with one attached hydrogen (secondary N) is 1. The van der Waals surface area contributed by atoms with Crippen molar-refractivity contribution in [1.82, 2.24) is 10.3 Å². The minimum absolute atomic E-state index is 0.0885. The van der Waals surface area contributed by atoms with E-state index in [-0.39, 0.29) is 11.3 Å². The predicted molar refractivity (Wildman–Crippen MR) is 104 cm³/mol. The highest BCUT2D eigenvalue weighted by molar-refractivity contribution is 7.99. The van der Waals surface area contributed by atoms with E-state index in [9.17, 15) is 18.0 Å². The molecule has 0 aliphatic rings. The van der Waals surface area contributed by atoms with Crippen LogP contribution in [0.25, 0.3) is 0 Å². The Morgan fingerprint density at radius 1 is 1.07 bits per heavy atom. The Kier molecular flexibility index (Phi) is 6.56. The summed E-state index contributed by atoms with van der Waals surface area (Å²) in [4.78, 5) is 16.6. The van der Waals surface area contributed by atoms with Crippen molar-refractivity contribution in [3.63, 3.8) is 0 Å². The lowest BCUT2D eigenvalue weighted by atomic mass is 10.0. The standard InChI is InChI=1S/C21H17F3N2O2S/c1-12-8-19(21(28)26-11-27)25-10-17(12)20(16-9-14(23)4-7-18(16)24)29-15-5-2-13(22)3-6-15/h2-10,20,27H,11H2,1H3,(H,26,28).